The van der Waals surface area contributed by atoms with Crippen LogP contribution in [0.4, 0.5) is 5.69 Å². The fraction of sp³-hybridized carbons (Fsp3) is 0.562. The Balaban J connectivity index is 3.17. The van der Waals surface area contributed by atoms with Crippen LogP contribution in [0.1, 0.15) is 51.2 Å². The molecule has 0 aliphatic carbocycles. The zero-order valence-electron chi connectivity index (χ0n) is 12.7. The lowest BCUT2D eigenvalue weighted by Gasteiger charge is -2.32. The Morgan fingerprint density at radius 2 is 2.05 bits per heavy atom. The SMILES string of the molecule is CCCCN(c1ccc(C)cc1C(=N)N)C(C)CC. The molecular weight excluding hydrogens is 234 g/mol. The van der Waals surface area contributed by atoms with Crippen molar-refractivity contribution in [3.05, 3.63) is 29.3 Å². The second kappa shape index (κ2) is 7.17. The van der Waals surface area contributed by atoms with Gasteiger partial charge >= 0.3 is 0 Å². The molecule has 0 amide bonds. The van der Waals surface area contributed by atoms with Crippen LogP contribution in [-0.2, 0) is 0 Å². The first-order valence-corrected chi connectivity index (χ1v) is 7.22. The zero-order valence-corrected chi connectivity index (χ0v) is 12.7. The summed E-state index contributed by atoms with van der Waals surface area (Å²) in [5, 5.41) is 7.79. The molecule has 0 spiro atoms. The number of hydrogen-bond acceptors (Lipinski definition) is 2. The topological polar surface area (TPSA) is 53.1 Å². The van der Waals surface area contributed by atoms with E-state index in [0.717, 1.165) is 36.2 Å². The molecule has 19 heavy (non-hydrogen) atoms. The summed E-state index contributed by atoms with van der Waals surface area (Å²) in [4.78, 5) is 2.39. The average Bonchev–Trinajstić information content (AvgIpc) is 2.39. The van der Waals surface area contributed by atoms with Gasteiger partial charge in [0.25, 0.3) is 0 Å². The number of nitrogens with one attached hydrogen (secondary N) is 1. The van der Waals surface area contributed by atoms with Crippen LogP contribution in [0.3, 0.4) is 0 Å². The highest BCUT2D eigenvalue weighted by molar-refractivity contribution is 6.00. The summed E-state index contributed by atoms with van der Waals surface area (Å²) in [7, 11) is 0. The molecule has 1 atom stereocenters. The lowest BCUT2D eigenvalue weighted by Crippen LogP contribution is -2.35. The van der Waals surface area contributed by atoms with Crippen LogP contribution in [0.5, 0.6) is 0 Å². The molecule has 0 saturated heterocycles. The molecule has 1 aromatic rings. The summed E-state index contributed by atoms with van der Waals surface area (Å²) in [6.07, 6.45) is 3.43. The van der Waals surface area contributed by atoms with Gasteiger partial charge in [-0.1, -0.05) is 31.9 Å². The van der Waals surface area contributed by atoms with Gasteiger partial charge in [0.15, 0.2) is 0 Å². The fourth-order valence-corrected chi connectivity index (χ4v) is 2.24. The molecule has 0 aliphatic rings. The van der Waals surface area contributed by atoms with Gasteiger partial charge in [-0.25, -0.2) is 0 Å². The van der Waals surface area contributed by atoms with Crippen molar-refractivity contribution in [3.8, 4) is 0 Å². The summed E-state index contributed by atoms with van der Waals surface area (Å²) in [5.74, 6) is 0.156. The number of aryl methyl sites for hydroxylation is 1. The lowest BCUT2D eigenvalue weighted by molar-refractivity contribution is 0.595. The summed E-state index contributed by atoms with van der Waals surface area (Å²) in [5.41, 5.74) is 8.85. The Morgan fingerprint density at radius 3 is 2.58 bits per heavy atom. The molecule has 0 fully saturated rings. The van der Waals surface area contributed by atoms with Gasteiger partial charge in [0.1, 0.15) is 5.84 Å². The van der Waals surface area contributed by atoms with E-state index in [1.807, 2.05) is 13.0 Å². The number of benzene rings is 1. The molecule has 0 aliphatic heterocycles. The third kappa shape index (κ3) is 3.98. The molecule has 3 heteroatoms. The number of nitrogens with zero attached hydrogens (tertiary/aromatic N) is 1. The number of hydrogen-bond donors (Lipinski definition) is 2. The summed E-state index contributed by atoms with van der Waals surface area (Å²) in [6.45, 7) is 9.70. The van der Waals surface area contributed by atoms with Crippen LogP contribution in [0.15, 0.2) is 18.2 Å². The van der Waals surface area contributed by atoms with Crippen molar-refractivity contribution in [3.63, 3.8) is 0 Å². The Bertz CT molecular complexity index is 426. The van der Waals surface area contributed by atoms with Gasteiger partial charge in [-0.15, -0.1) is 0 Å². The van der Waals surface area contributed by atoms with Crippen LogP contribution in [0, 0.1) is 12.3 Å². The first-order chi connectivity index (χ1) is 9.01. The molecule has 0 heterocycles. The minimum atomic E-state index is 0.156. The first kappa shape index (κ1) is 15.5. The van der Waals surface area contributed by atoms with E-state index in [1.54, 1.807) is 0 Å². The van der Waals surface area contributed by atoms with E-state index >= 15 is 0 Å². The van der Waals surface area contributed by atoms with E-state index in [0.29, 0.717) is 6.04 Å². The number of amidine groups is 1. The third-order valence-electron chi connectivity index (χ3n) is 3.63. The highest BCUT2D eigenvalue weighted by Crippen LogP contribution is 2.25. The van der Waals surface area contributed by atoms with Crippen LogP contribution >= 0.6 is 0 Å². The monoisotopic (exact) mass is 261 g/mol. The van der Waals surface area contributed by atoms with Crippen molar-refractivity contribution in [1.82, 2.24) is 0 Å². The van der Waals surface area contributed by atoms with Gasteiger partial charge in [0.2, 0.25) is 0 Å². The predicted octanol–water partition coefficient (Wildman–Crippen LogP) is 3.68. The molecule has 0 radical (unpaired) electrons. The quantitative estimate of drug-likeness (QED) is 0.581. The van der Waals surface area contributed by atoms with Crippen molar-refractivity contribution in [2.24, 2.45) is 5.73 Å². The molecule has 0 aromatic heterocycles. The molecule has 3 nitrogen and oxygen atoms in total. The molecule has 1 unspecified atom stereocenters. The van der Waals surface area contributed by atoms with Gasteiger partial charge in [-0.2, -0.15) is 0 Å². The summed E-state index contributed by atoms with van der Waals surface area (Å²) in [6, 6.07) is 6.68. The van der Waals surface area contributed by atoms with E-state index in [4.69, 9.17) is 11.1 Å². The Morgan fingerprint density at radius 1 is 1.37 bits per heavy atom. The standard InChI is InChI=1S/C16H27N3/c1-5-7-10-19(13(4)6-2)15-9-8-12(3)11-14(15)16(17)18/h8-9,11,13H,5-7,10H2,1-4H3,(H3,17,18). The van der Waals surface area contributed by atoms with Gasteiger partial charge < -0.3 is 10.6 Å². The van der Waals surface area contributed by atoms with Crippen molar-refractivity contribution < 1.29 is 0 Å². The van der Waals surface area contributed by atoms with E-state index in [9.17, 15) is 0 Å². The maximum atomic E-state index is 7.79. The van der Waals surface area contributed by atoms with E-state index in [-0.39, 0.29) is 5.84 Å². The Labute approximate surface area is 117 Å². The molecule has 0 bridgehead atoms. The van der Waals surface area contributed by atoms with Gasteiger partial charge in [-0.05, 0) is 38.8 Å². The summed E-state index contributed by atoms with van der Waals surface area (Å²) >= 11 is 0. The highest BCUT2D eigenvalue weighted by Gasteiger charge is 2.17. The second-order valence-electron chi connectivity index (χ2n) is 5.24. The maximum Gasteiger partial charge on any atom is 0.124 e. The molecule has 3 N–H and O–H groups in total. The lowest BCUT2D eigenvalue weighted by atomic mass is 10.0. The van der Waals surface area contributed by atoms with Crippen LogP contribution in [-0.4, -0.2) is 18.4 Å². The number of unbranched alkanes of at least 4 members (excludes halogenated alkanes) is 1. The third-order valence-corrected chi connectivity index (χ3v) is 3.63. The Kier molecular flexibility index (Phi) is 5.87. The number of nitrogens with two attached hydrogens (primary N) is 1. The van der Waals surface area contributed by atoms with Crippen LogP contribution in [0.2, 0.25) is 0 Å². The molecule has 0 saturated carbocycles. The van der Waals surface area contributed by atoms with Crippen LogP contribution in [0.25, 0.3) is 0 Å². The smallest absolute Gasteiger partial charge is 0.124 e. The first-order valence-electron chi connectivity index (χ1n) is 7.22. The molecule has 106 valence electrons. The fourth-order valence-electron chi connectivity index (χ4n) is 2.24. The van der Waals surface area contributed by atoms with E-state index < -0.39 is 0 Å². The molecule has 1 aromatic carbocycles. The van der Waals surface area contributed by atoms with E-state index in [2.05, 4.69) is 37.8 Å². The molecule has 1 rings (SSSR count). The van der Waals surface area contributed by atoms with E-state index in [1.165, 1.54) is 6.42 Å². The van der Waals surface area contributed by atoms with Crippen molar-refractivity contribution in [2.75, 3.05) is 11.4 Å². The Hall–Kier alpha value is -1.51. The van der Waals surface area contributed by atoms with Crippen LogP contribution < -0.4 is 10.6 Å². The zero-order chi connectivity index (χ0) is 14.4. The predicted molar refractivity (Wildman–Crippen MR) is 84.2 cm³/mol. The number of anilines is 1. The highest BCUT2D eigenvalue weighted by atomic mass is 15.2. The van der Waals surface area contributed by atoms with Crippen molar-refractivity contribution in [1.29, 1.82) is 5.41 Å². The number of rotatable bonds is 7. The normalized spacial score (nSPS) is 12.2. The van der Waals surface area contributed by atoms with Crippen molar-refractivity contribution in [2.45, 2.75) is 53.0 Å². The second-order valence-corrected chi connectivity index (χ2v) is 5.24. The minimum Gasteiger partial charge on any atom is -0.384 e. The maximum absolute atomic E-state index is 7.79. The van der Waals surface area contributed by atoms with Gasteiger partial charge in [0.05, 0.1) is 0 Å². The summed E-state index contributed by atoms with van der Waals surface area (Å²) < 4.78 is 0. The minimum absolute atomic E-state index is 0.156. The van der Waals surface area contributed by atoms with Gasteiger partial charge in [0, 0.05) is 23.8 Å². The van der Waals surface area contributed by atoms with Gasteiger partial charge in [-0.3, -0.25) is 5.41 Å². The largest absolute Gasteiger partial charge is 0.384 e. The number of nitrogen functional groups attached to an aromatic ring is 1. The average molecular weight is 261 g/mol. The molecular formula is C16H27N3. The van der Waals surface area contributed by atoms with Crippen molar-refractivity contribution >= 4 is 11.5 Å².